The molecular weight excluding hydrogens is 508 g/mol. The first-order valence-corrected chi connectivity index (χ1v) is 15.5. The Bertz CT molecular complexity index is 1070. The molecule has 0 aliphatic rings. The Morgan fingerprint density at radius 2 is 1.00 bits per heavy atom. The maximum Gasteiger partial charge on any atom is 0.341 e. The molecule has 0 amide bonds. The van der Waals surface area contributed by atoms with Gasteiger partial charge in [0.25, 0.3) is 0 Å². The van der Waals surface area contributed by atoms with Crippen molar-refractivity contribution in [2.45, 2.75) is 16.5 Å². The fourth-order valence-electron chi connectivity index (χ4n) is 3.78. The first kappa shape index (κ1) is 27.3. The molecule has 2 aromatic carbocycles. The van der Waals surface area contributed by atoms with Gasteiger partial charge in [-0.25, -0.2) is 0 Å². The zero-order valence-corrected chi connectivity index (χ0v) is 19.7. The van der Waals surface area contributed by atoms with Gasteiger partial charge in [0.2, 0.25) is 0 Å². The molecule has 2 atom stereocenters. The largest absolute Gasteiger partial charge is 0.341 e. The molecule has 2 aromatic rings. The third kappa shape index (κ3) is 5.75. The molecular formula is C16H22O12P4. The molecule has 2 rings (SSSR count). The molecule has 32 heavy (non-hydrogen) atoms. The standard InChI is InChI=1S/C16H22O12P4/c17-29(18,19)11-14(30(20,21)22)15(31(23,24)25)16(32(26,27)28,12-7-3-1-4-8-12)13-9-5-2-6-10-13/h1-10,14-15H,11H2,(H2,17,18,19)(H2,20,21,22)(H2,23,24,25)(H2,26,27,28). The lowest BCUT2D eigenvalue weighted by molar-refractivity contribution is 0.289. The summed E-state index contributed by atoms with van der Waals surface area (Å²) in [7, 11) is -22.8. The molecule has 0 fully saturated rings. The molecule has 0 aliphatic heterocycles. The van der Waals surface area contributed by atoms with Crippen molar-refractivity contribution < 1.29 is 57.4 Å². The van der Waals surface area contributed by atoms with E-state index in [0.717, 1.165) is 24.3 Å². The smallest absolute Gasteiger partial charge is 0.324 e. The molecule has 2 unspecified atom stereocenters. The van der Waals surface area contributed by atoms with E-state index in [1.807, 2.05) is 0 Å². The van der Waals surface area contributed by atoms with Gasteiger partial charge >= 0.3 is 30.4 Å². The van der Waals surface area contributed by atoms with E-state index >= 15 is 0 Å². The Labute approximate surface area is 182 Å². The van der Waals surface area contributed by atoms with Crippen LogP contribution >= 0.6 is 30.4 Å². The predicted molar refractivity (Wildman–Crippen MR) is 114 cm³/mol. The van der Waals surface area contributed by atoms with Crippen LogP contribution in [0.3, 0.4) is 0 Å². The molecule has 0 bridgehead atoms. The second-order valence-electron chi connectivity index (χ2n) is 7.08. The summed E-state index contributed by atoms with van der Waals surface area (Å²) in [4.78, 5) is 79.9. The summed E-state index contributed by atoms with van der Waals surface area (Å²) in [6.07, 6.45) is -1.73. The van der Waals surface area contributed by atoms with E-state index in [4.69, 9.17) is 0 Å². The minimum atomic E-state index is -5.89. The van der Waals surface area contributed by atoms with Crippen LogP contribution in [0.15, 0.2) is 60.7 Å². The quantitative estimate of drug-likeness (QED) is 0.215. The van der Waals surface area contributed by atoms with Crippen LogP contribution in [0, 0.1) is 0 Å². The summed E-state index contributed by atoms with van der Waals surface area (Å²) in [6.45, 7) is 0. The van der Waals surface area contributed by atoms with Crippen molar-refractivity contribution in [2.75, 3.05) is 6.16 Å². The van der Waals surface area contributed by atoms with Crippen LogP contribution in [-0.4, -0.2) is 56.6 Å². The monoisotopic (exact) mass is 530 g/mol. The van der Waals surface area contributed by atoms with Gasteiger partial charge in [0.15, 0.2) is 0 Å². The summed E-state index contributed by atoms with van der Waals surface area (Å²) in [5, 5.41) is -3.06. The van der Waals surface area contributed by atoms with Crippen LogP contribution in [0.5, 0.6) is 0 Å². The Balaban J connectivity index is 3.14. The lowest BCUT2D eigenvalue weighted by Gasteiger charge is -2.45. The first-order chi connectivity index (χ1) is 14.4. The molecule has 8 N–H and O–H groups in total. The van der Waals surface area contributed by atoms with Crippen LogP contribution in [0.1, 0.15) is 11.1 Å². The molecule has 0 radical (unpaired) electrons. The summed E-state index contributed by atoms with van der Waals surface area (Å²) in [6, 6.07) is 12.4. The number of hydrogen-bond donors (Lipinski definition) is 8. The summed E-state index contributed by atoms with van der Waals surface area (Å²) >= 11 is 0. The van der Waals surface area contributed by atoms with Gasteiger partial charge in [-0.05, 0) is 11.1 Å². The number of rotatable bonds is 9. The molecule has 16 heteroatoms. The highest BCUT2D eigenvalue weighted by molar-refractivity contribution is 7.61. The van der Waals surface area contributed by atoms with Gasteiger partial charge in [-0.1, -0.05) is 60.7 Å². The van der Waals surface area contributed by atoms with Crippen LogP contribution in [0.2, 0.25) is 0 Å². The average molecular weight is 530 g/mol. The van der Waals surface area contributed by atoms with Crippen molar-refractivity contribution in [2.24, 2.45) is 0 Å². The minimum absolute atomic E-state index is 0.406. The molecule has 0 spiro atoms. The maximum absolute atomic E-state index is 13.0. The van der Waals surface area contributed by atoms with E-state index in [-0.39, 0.29) is 0 Å². The topological polar surface area (TPSA) is 230 Å². The van der Waals surface area contributed by atoms with E-state index in [9.17, 15) is 57.4 Å². The van der Waals surface area contributed by atoms with Crippen molar-refractivity contribution in [1.82, 2.24) is 0 Å². The van der Waals surface area contributed by atoms with Crippen LogP contribution < -0.4 is 0 Å². The highest BCUT2D eigenvalue weighted by Crippen LogP contribution is 2.73. The molecule has 0 aliphatic carbocycles. The van der Waals surface area contributed by atoms with Gasteiger partial charge in [-0.15, -0.1) is 0 Å². The van der Waals surface area contributed by atoms with Crippen molar-refractivity contribution in [3.05, 3.63) is 71.8 Å². The Morgan fingerprint density at radius 3 is 1.25 bits per heavy atom. The third-order valence-corrected chi connectivity index (χ3v) is 11.0. The molecule has 0 aromatic heterocycles. The Kier molecular flexibility index (Phi) is 7.98. The molecule has 0 saturated heterocycles. The second-order valence-corrected chi connectivity index (χ2v) is 14.1. The third-order valence-electron chi connectivity index (χ3n) is 4.90. The van der Waals surface area contributed by atoms with Gasteiger partial charge in [0, 0.05) is 0 Å². The average Bonchev–Trinajstić information content (AvgIpc) is 2.62. The van der Waals surface area contributed by atoms with Crippen molar-refractivity contribution in [3.8, 4) is 0 Å². The Morgan fingerprint density at radius 1 is 0.625 bits per heavy atom. The van der Waals surface area contributed by atoms with E-state index in [1.54, 1.807) is 0 Å². The predicted octanol–water partition coefficient (Wildman–Crippen LogP) is 1.38. The second kappa shape index (κ2) is 9.35. The highest BCUT2D eigenvalue weighted by Gasteiger charge is 2.66. The first-order valence-electron chi connectivity index (χ1n) is 8.74. The summed E-state index contributed by atoms with van der Waals surface area (Å²) in [5.74, 6) is 0. The summed E-state index contributed by atoms with van der Waals surface area (Å²) < 4.78 is 49.7. The summed E-state index contributed by atoms with van der Waals surface area (Å²) in [5.41, 5.74) is -6.53. The molecule has 178 valence electrons. The highest BCUT2D eigenvalue weighted by atomic mass is 31.2. The van der Waals surface area contributed by atoms with Crippen molar-refractivity contribution >= 4 is 30.4 Å². The fourth-order valence-corrected chi connectivity index (χ4v) is 11.6. The van der Waals surface area contributed by atoms with Crippen molar-refractivity contribution in [1.29, 1.82) is 0 Å². The van der Waals surface area contributed by atoms with Gasteiger partial charge in [-0.2, -0.15) is 0 Å². The zero-order chi connectivity index (χ0) is 24.6. The Hall–Kier alpha value is -0.960. The van der Waals surface area contributed by atoms with Crippen molar-refractivity contribution in [3.63, 3.8) is 0 Å². The normalized spacial score (nSPS) is 15.9. The van der Waals surface area contributed by atoms with Crippen LogP contribution in [0.4, 0.5) is 0 Å². The van der Waals surface area contributed by atoms with Gasteiger partial charge < -0.3 is 39.1 Å². The lowest BCUT2D eigenvalue weighted by atomic mass is 9.85. The van der Waals surface area contributed by atoms with E-state index in [0.29, 0.717) is 0 Å². The minimum Gasteiger partial charge on any atom is -0.324 e. The lowest BCUT2D eigenvalue weighted by Crippen LogP contribution is -2.48. The van der Waals surface area contributed by atoms with Gasteiger partial charge in [0.05, 0.1) is 11.8 Å². The fraction of sp³-hybridized carbons (Fsp3) is 0.250. The van der Waals surface area contributed by atoms with E-state index in [1.165, 1.54) is 36.4 Å². The molecule has 0 saturated carbocycles. The SMILES string of the molecule is O=P(O)(O)CC(C(C(c1ccccc1)(c1ccccc1)P(=O)(O)O)P(=O)(O)O)P(=O)(O)O. The maximum atomic E-state index is 13.0. The van der Waals surface area contributed by atoms with E-state index in [2.05, 4.69) is 0 Å². The van der Waals surface area contributed by atoms with Crippen LogP contribution in [-0.2, 0) is 23.4 Å². The van der Waals surface area contributed by atoms with Gasteiger partial charge in [0.1, 0.15) is 10.8 Å². The molecule has 12 nitrogen and oxygen atoms in total. The van der Waals surface area contributed by atoms with E-state index < -0.39 is 64.1 Å². The van der Waals surface area contributed by atoms with Crippen LogP contribution in [0.25, 0.3) is 0 Å². The zero-order valence-electron chi connectivity index (χ0n) is 16.1. The molecule has 0 heterocycles. The number of hydrogen-bond acceptors (Lipinski definition) is 4. The van der Waals surface area contributed by atoms with Gasteiger partial charge in [-0.3, -0.25) is 18.3 Å². The number of benzene rings is 2.